The molecule has 1 unspecified atom stereocenters. The fourth-order valence-corrected chi connectivity index (χ4v) is 2.16. The standard InChI is InChI=1S/C15H22BrNO/c1-4-15(3,11-16)17-14(18)10-9-13-7-5-12(2)6-8-13/h5-8H,4,9-11H2,1-3H3,(H,17,18). The van der Waals surface area contributed by atoms with Gasteiger partial charge in [-0.15, -0.1) is 0 Å². The van der Waals surface area contributed by atoms with Crippen LogP contribution in [-0.2, 0) is 11.2 Å². The summed E-state index contributed by atoms with van der Waals surface area (Å²) in [5, 5.41) is 3.87. The molecule has 3 heteroatoms. The highest BCUT2D eigenvalue weighted by atomic mass is 79.9. The van der Waals surface area contributed by atoms with Crippen molar-refractivity contribution in [2.24, 2.45) is 0 Å². The van der Waals surface area contributed by atoms with Crippen molar-refractivity contribution in [3.05, 3.63) is 35.4 Å². The summed E-state index contributed by atoms with van der Waals surface area (Å²) in [6, 6.07) is 8.35. The number of hydrogen-bond donors (Lipinski definition) is 1. The molecule has 1 rings (SSSR count). The van der Waals surface area contributed by atoms with Gasteiger partial charge in [-0.2, -0.15) is 0 Å². The zero-order valence-corrected chi connectivity index (χ0v) is 13.0. The summed E-state index contributed by atoms with van der Waals surface area (Å²) in [6.07, 6.45) is 2.27. The average molecular weight is 312 g/mol. The number of carbonyl (C=O) groups excluding carboxylic acids is 1. The topological polar surface area (TPSA) is 29.1 Å². The molecule has 0 aliphatic heterocycles. The number of amides is 1. The fourth-order valence-electron chi connectivity index (χ4n) is 1.63. The molecule has 0 aromatic heterocycles. The Balaban J connectivity index is 2.44. The highest BCUT2D eigenvalue weighted by Crippen LogP contribution is 2.13. The van der Waals surface area contributed by atoms with Crippen LogP contribution in [0.5, 0.6) is 0 Å². The second kappa shape index (κ2) is 6.93. The van der Waals surface area contributed by atoms with Crippen molar-refractivity contribution < 1.29 is 4.79 Å². The first-order chi connectivity index (χ1) is 8.49. The Morgan fingerprint density at radius 2 is 1.94 bits per heavy atom. The van der Waals surface area contributed by atoms with Crippen molar-refractivity contribution in [1.29, 1.82) is 0 Å². The Hall–Kier alpha value is -0.830. The van der Waals surface area contributed by atoms with Crippen LogP contribution in [0.25, 0.3) is 0 Å². The number of benzene rings is 1. The summed E-state index contributed by atoms with van der Waals surface area (Å²) in [4.78, 5) is 11.9. The molecule has 0 saturated carbocycles. The summed E-state index contributed by atoms with van der Waals surface area (Å²) in [6.45, 7) is 6.21. The number of rotatable bonds is 6. The van der Waals surface area contributed by atoms with Gasteiger partial charge in [-0.1, -0.05) is 52.7 Å². The third-order valence-corrected chi connectivity index (χ3v) is 4.52. The monoisotopic (exact) mass is 311 g/mol. The maximum Gasteiger partial charge on any atom is 0.220 e. The number of alkyl halides is 1. The van der Waals surface area contributed by atoms with Crippen molar-refractivity contribution in [3.63, 3.8) is 0 Å². The zero-order chi connectivity index (χ0) is 13.6. The maximum atomic E-state index is 11.9. The van der Waals surface area contributed by atoms with E-state index in [4.69, 9.17) is 0 Å². The molecular weight excluding hydrogens is 290 g/mol. The predicted molar refractivity (Wildman–Crippen MR) is 80.1 cm³/mol. The van der Waals surface area contributed by atoms with Gasteiger partial charge in [0.05, 0.1) is 0 Å². The van der Waals surface area contributed by atoms with Gasteiger partial charge in [-0.3, -0.25) is 4.79 Å². The minimum absolute atomic E-state index is 0.124. The van der Waals surface area contributed by atoms with Crippen molar-refractivity contribution >= 4 is 21.8 Å². The van der Waals surface area contributed by atoms with Gasteiger partial charge in [0.1, 0.15) is 0 Å². The number of hydrogen-bond acceptors (Lipinski definition) is 1. The van der Waals surface area contributed by atoms with E-state index in [-0.39, 0.29) is 11.4 Å². The number of nitrogens with one attached hydrogen (secondary N) is 1. The Morgan fingerprint density at radius 1 is 1.33 bits per heavy atom. The first-order valence-corrected chi connectivity index (χ1v) is 7.54. The number of carbonyl (C=O) groups is 1. The van der Waals surface area contributed by atoms with Crippen LogP contribution in [0.2, 0.25) is 0 Å². The second-order valence-electron chi connectivity index (χ2n) is 5.08. The van der Waals surface area contributed by atoms with Gasteiger partial charge >= 0.3 is 0 Å². The molecule has 0 bridgehead atoms. The molecule has 0 saturated heterocycles. The molecule has 1 N–H and O–H groups in total. The summed E-state index contributed by atoms with van der Waals surface area (Å²) in [7, 11) is 0. The van der Waals surface area contributed by atoms with Gasteiger partial charge in [-0.25, -0.2) is 0 Å². The van der Waals surface area contributed by atoms with E-state index in [0.717, 1.165) is 18.2 Å². The van der Waals surface area contributed by atoms with Crippen LogP contribution >= 0.6 is 15.9 Å². The lowest BCUT2D eigenvalue weighted by molar-refractivity contribution is -0.122. The minimum Gasteiger partial charge on any atom is -0.350 e. The summed E-state index contributed by atoms with van der Waals surface area (Å²) in [5.41, 5.74) is 2.33. The molecule has 1 amide bonds. The van der Waals surface area contributed by atoms with Gasteiger partial charge in [0.2, 0.25) is 5.91 Å². The van der Waals surface area contributed by atoms with E-state index < -0.39 is 0 Å². The van der Waals surface area contributed by atoms with E-state index in [9.17, 15) is 4.79 Å². The van der Waals surface area contributed by atoms with Crippen molar-refractivity contribution in [3.8, 4) is 0 Å². The lowest BCUT2D eigenvalue weighted by atomic mass is 10.0. The van der Waals surface area contributed by atoms with Gasteiger partial charge in [0.15, 0.2) is 0 Å². The highest BCUT2D eigenvalue weighted by Gasteiger charge is 2.22. The first kappa shape index (κ1) is 15.2. The van der Waals surface area contributed by atoms with Crippen molar-refractivity contribution in [2.75, 3.05) is 5.33 Å². The SMILES string of the molecule is CCC(C)(CBr)NC(=O)CCc1ccc(C)cc1. The third-order valence-electron chi connectivity index (χ3n) is 3.28. The third kappa shape index (κ3) is 4.81. The fraction of sp³-hybridized carbons (Fsp3) is 0.533. The van der Waals surface area contributed by atoms with Crippen LogP contribution in [0, 0.1) is 6.92 Å². The molecule has 100 valence electrons. The zero-order valence-electron chi connectivity index (χ0n) is 11.4. The van der Waals surface area contributed by atoms with Crippen LogP contribution in [0.15, 0.2) is 24.3 Å². The van der Waals surface area contributed by atoms with Gasteiger partial charge in [0, 0.05) is 17.3 Å². The summed E-state index contributed by atoms with van der Waals surface area (Å²) < 4.78 is 0. The van der Waals surface area contributed by atoms with Crippen LogP contribution in [0.1, 0.15) is 37.8 Å². The highest BCUT2D eigenvalue weighted by molar-refractivity contribution is 9.09. The lowest BCUT2D eigenvalue weighted by Crippen LogP contribution is -2.47. The molecule has 0 aliphatic rings. The molecule has 0 spiro atoms. The number of aryl methyl sites for hydroxylation is 2. The van der Waals surface area contributed by atoms with Gasteiger partial charge < -0.3 is 5.32 Å². The second-order valence-corrected chi connectivity index (χ2v) is 5.64. The van der Waals surface area contributed by atoms with Crippen LogP contribution in [0.3, 0.4) is 0 Å². The van der Waals surface area contributed by atoms with Crippen LogP contribution in [-0.4, -0.2) is 16.8 Å². The van der Waals surface area contributed by atoms with Gasteiger partial charge in [-0.05, 0) is 32.3 Å². The predicted octanol–water partition coefficient (Wildman–Crippen LogP) is 3.61. The Kier molecular flexibility index (Phi) is 5.86. The molecule has 2 nitrogen and oxygen atoms in total. The summed E-state index contributed by atoms with van der Waals surface area (Å²) in [5.74, 6) is 0.124. The van der Waals surface area contributed by atoms with Crippen LogP contribution < -0.4 is 5.32 Å². The van der Waals surface area contributed by atoms with E-state index in [1.54, 1.807) is 0 Å². The Labute approximate surface area is 118 Å². The molecular formula is C15H22BrNO. The smallest absolute Gasteiger partial charge is 0.220 e. The Morgan fingerprint density at radius 3 is 2.44 bits per heavy atom. The molecule has 0 heterocycles. The van der Waals surface area contributed by atoms with E-state index in [1.807, 2.05) is 0 Å². The normalized spacial score (nSPS) is 14.0. The summed E-state index contributed by atoms with van der Waals surface area (Å²) >= 11 is 3.45. The number of halogens is 1. The maximum absolute atomic E-state index is 11.9. The molecule has 0 fully saturated rings. The molecule has 1 atom stereocenters. The van der Waals surface area contributed by atoms with Gasteiger partial charge in [0.25, 0.3) is 0 Å². The molecule has 1 aromatic carbocycles. The van der Waals surface area contributed by atoms with Crippen molar-refractivity contribution in [1.82, 2.24) is 5.32 Å². The quantitative estimate of drug-likeness (QED) is 0.799. The van der Waals surface area contributed by atoms with E-state index in [2.05, 4.69) is 66.3 Å². The van der Waals surface area contributed by atoms with Crippen LogP contribution in [0.4, 0.5) is 0 Å². The van der Waals surface area contributed by atoms with E-state index >= 15 is 0 Å². The average Bonchev–Trinajstić information content (AvgIpc) is 2.38. The molecule has 0 aliphatic carbocycles. The Bertz CT molecular complexity index is 382. The van der Waals surface area contributed by atoms with E-state index in [0.29, 0.717) is 6.42 Å². The molecule has 1 aromatic rings. The molecule has 0 radical (unpaired) electrons. The lowest BCUT2D eigenvalue weighted by Gasteiger charge is -2.27. The first-order valence-electron chi connectivity index (χ1n) is 6.41. The minimum atomic E-state index is -0.135. The largest absolute Gasteiger partial charge is 0.350 e. The molecule has 18 heavy (non-hydrogen) atoms. The van der Waals surface area contributed by atoms with Crippen molar-refractivity contribution in [2.45, 2.75) is 45.6 Å². The van der Waals surface area contributed by atoms with E-state index in [1.165, 1.54) is 11.1 Å².